The first-order valence-corrected chi connectivity index (χ1v) is 6.91. The Morgan fingerprint density at radius 2 is 1.76 bits per heavy atom. The number of hydrogen-bond donors (Lipinski definition) is 2. The van der Waals surface area contributed by atoms with Gasteiger partial charge in [-0.1, -0.05) is 41.9 Å². The third kappa shape index (κ3) is 4.93. The van der Waals surface area contributed by atoms with Crippen LogP contribution in [-0.4, -0.2) is 11.6 Å². The Morgan fingerprint density at radius 3 is 2.48 bits per heavy atom. The van der Waals surface area contributed by atoms with Crippen molar-refractivity contribution in [3.63, 3.8) is 0 Å². The molecule has 2 aromatic rings. The average Bonchev–Trinajstić information content (AvgIpc) is 2.48. The van der Waals surface area contributed by atoms with Crippen LogP contribution in [-0.2, 0) is 4.79 Å². The lowest BCUT2D eigenvalue weighted by Gasteiger charge is -2.07. The first kappa shape index (κ1) is 15.1. The maximum absolute atomic E-state index is 11.9. The first-order chi connectivity index (χ1) is 10.1. The number of halogens is 1. The van der Waals surface area contributed by atoms with Crippen molar-refractivity contribution >= 4 is 34.6 Å². The monoisotopic (exact) mass is 301 g/mol. The maximum atomic E-state index is 11.9. The summed E-state index contributed by atoms with van der Waals surface area (Å²) in [5, 5.41) is 7.45. The summed E-state index contributed by atoms with van der Waals surface area (Å²) in [4.78, 5) is 11.9. The van der Waals surface area contributed by atoms with Crippen molar-refractivity contribution in [2.75, 3.05) is 10.7 Å². The van der Waals surface area contributed by atoms with Crippen molar-refractivity contribution in [3.8, 4) is 0 Å². The van der Waals surface area contributed by atoms with Gasteiger partial charge in [0.25, 0.3) is 0 Å². The number of para-hydroxylation sites is 2. The van der Waals surface area contributed by atoms with Gasteiger partial charge in [-0.15, -0.1) is 0 Å². The molecule has 0 radical (unpaired) electrons. The summed E-state index contributed by atoms with van der Waals surface area (Å²) in [6.45, 7) is 1.79. The van der Waals surface area contributed by atoms with Crippen molar-refractivity contribution in [3.05, 3.63) is 59.6 Å². The van der Waals surface area contributed by atoms with Gasteiger partial charge in [-0.2, -0.15) is 5.10 Å². The summed E-state index contributed by atoms with van der Waals surface area (Å²) in [5.74, 6) is -0.154. The lowest BCUT2D eigenvalue weighted by atomic mass is 10.2. The van der Waals surface area contributed by atoms with E-state index in [0.717, 1.165) is 5.69 Å². The second kappa shape index (κ2) is 7.45. The number of hydrogen-bond acceptors (Lipinski definition) is 3. The first-order valence-electron chi connectivity index (χ1n) is 6.54. The Morgan fingerprint density at radius 1 is 1.10 bits per heavy atom. The molecule has 0 spiro atoms. The molecule has 4 nitrogen and oxygen atoms in total. The largest absolute Gasteiger partial charge is 0.324 e. The van der Waals surface area contributed by atoms with Gasteiger partial charge in [-0.05, 0) is 31.2 Å². The van der Waals surface area contributed by atoms with Gasteiger partial charge in [-0.25, -0.2) is 0 Å². The molecule has 0 heterocycles. The van der Waals surface area contributed by atoms with E-state index in [9.17, 15) is 4.79 Å². The van der Waals surface area contributed by atoms with Crippen molar-refractivity contribution in [2.24, 2.45) is 5.10 Å². The van der Waals surface area contributed by atoms with E-state index < -0.39 is 0 Å². The van der Waals surface area contributed by atoms with Crippen LogP contribution in [0.4, 0.5) is 11.4 Å². The molecule has 0 fully saturated rings. The molecule has 0 saturated heterocycles. The number of hydrazone groups is 1. The molecule has 0 unspecified atom stereocenters. The molecule has 2 rings (SSSR count). The Labute approximate surface area is 128 Å². The van der Waals surface area contributed by atoms with Crippen LogP contribution in [0.1, 0.15) is 13.3 Å². The highest BCUT2D eigenvalue weighted by Crippen LogP contribution is 2.20. The van der Waals surface area contributed by atoms with Gasteiger partial charge in [-0.3, -0.25) is 10.2 Å². The molecule has 0 atom stereocenters. The summed E-state index contributed by atoms with van der Waals surface area (Å²) in [7, 11) is 0. The fraction of sp³-hybridized carbons (Fsp3) is 0.125. The Hall–Kier alpha value is -2.33. The number of benzene rings is 2. The predicted molar refractivity (Wildman–Crippen MR) is 87.9 cm³/mol. The molecule has 0 saturated carbocycles. The van der Waals surface area contributed by atoms with Crippen LogP contribution < -0.4 is 10.7 Å². The fourth-order valence-electron chi connectivity index (χ4n) is 1.70. The number of nitrogens with one attached hydrogen (secondary N) is 2. The minimum atomic E-state index is -0.154. The highest BCUT2D eigenvalue weighted by molar-refractivity contribution is 6.33. The lowest BCUT2D eigenvalue weighted by Crippen LogP contribution is -2.15. The molecule has 5 heteroatoms. The fourth-order valence-corrected chi connectivity index (χ4v) is 1.88. The summed E-state index contributed by atoms with van der Waals surface area (Å²) in [6, 6.07) is 16.7. The number of nitrogens with zero attached hydrogens (tertiary/aromatic N) is 1. The predicted octanol–water partition coefficient (Wildman–Crippen LogP) is 4.16. The van der Waals surface area contributed by atoms with Crippen LogP contribution in [0.5, 0.6) is 0 Å². The molecule has 21 heavy (non-hydrogen) atoms. The molecule has 0 aromatic heterocycles. The van der Waals surface area contributed by atoms with Gasteiger partial charge < -0.3 is 5.32 Å². The molecule has 2 N–H and O–H groups in total. The van der Waals surface area contributed by atoms with Crippen LogP contribution in [0.15, 0.2) is 59.7 Å². The van der Waals surface area contributed by atoms with E-state index >= 15 is 0 Å². The van der Waals surface area contributed by atoms with E-state index in [-0.39, 0.29) is 12.3 Å². The second-order valence-corrected chi connectivity index (χ2v) is 4.94. The molecule has 0 aliphatic heterocycles. The SMILES string of the molecule is C/C(CC(=O)Nc1ccccc1Cl)=N/Nc1ccccc1. The van der Waals surface area contributed by atoms with E-state index in [1.165, 1.54) is 0 Å². The van der Waals surface area contributed by atoms with Crippen LogP contribution in [0.25, 0.3) is 0 Å². The minimum absolute atomic E-state index is 0.154. The number of rotatable bonds is 5. The van der Waals surface area contributed by atoms with Crippen LogP contribution in [0.3, 0.4) is 0 Å². The van der Waals surface area contributed by atoms with Gasteiger partial charge in [0.2, 0.25) is 5.91 Å². The molecule has 2 aromatic carbocycles. The third-order valence-corrected chi connectivity index (χ3v) is 3.04. The van der Waals surface area contributed by atoms with Crippen molar-refractivity contribution in [1.29, 1.82) is 0 Å². The molecule has 0 bridgehead atoms. The summed E-state index contributed by atoms with van der Waals surface area (Å²) < 4.78 is 0. The molecule has 0 aliphatic carbocycles. The van der Waals surface area contributed by atoms with Gasteiger partial charge in [0.15, 0.2) is 0 Å². The zero-order valence-electron chi connectivity index (χ0n) is 11.6. The smallest absolute Gasteiger partial charge is 0.230 e. The normalized spacial score (nSPS) is 11.0. The summed E-state index contributed by atoms with van der Waals surface area (Å²) >= 11 is 5.99. The molecular formula is C16H16ClN3O. The summed E-state index contributed by atoms with van der Waals surface area (Å²) in [5.41, 5.74) is 5.07. The van der Waals surface area contributed by atoms with Crippen LogP contribution in [0.2, 0.25) is 5.02 Å². The number of amides is 1. The maximum Gasteiger partial charge on any atom is 0.230 e. The number of carbonyl (C=O) groups is 1. The van der Waals surface area contributed by atoms with Crippen LogP contribution in [0, 0.1) is 0 Å². The zero-order chi connectivity index (χ0) is 15.1. The highest BCUT2D eigenvalue weighted by Gasteiger charge is 2.06. The number of carbonyl (C=O) groups excluding carboxylic acids is 1. The van der Waals surface area contributed by atoms with E-state index in [2.05, 4.69) is 15.8 Å². The average molecular weight is 302 g/mol. The van der Waals surface area contributed by atoms with E-state index in [4.69, 9.17) is 11.6 Å². The Bertz CT molecular complexity index is 641. The van der Waals surface area contributed by atoms with Crippen molar-refractivity contribution in [1.82, 2.24) is 0 Å². The topological polar surface area (TPSA) is 53.5 Å². The van der Waals surface area contributed by atoms with Gasteiger partial charge in [0.1, 0.15) is 0 Å². The van der Waals surface area contributed by atoms with E-state index in [0.29, 0.717) is 16.4 Å². The van der Waals surface area contributed by atoms with E-state index in [1.54, 1.807) is 19.1 Å². The second-order valence-electron chi connectivity index (χ2n) is 4.53. The molecule has 1 amide bonds. The van der Waals surface area contributed by atoms with Crippen molar-refractivity contribution < 1.29 is 4.79 Å². The summed E-state index contributed by atoms with van der Waals surface area (Å²) in [6.07, 6.45) is 0.199. The molecule has 108 valence electrons. The highest BCUT2D eigenvalue weighted by atomic mass is 35.5. The number of anilines is 2. The van der Waals surface area contributed by atoms with Crippen LogP contribution >= 0.6 is 11.6 Å². The van der Waals surface area contributed by atoms with Gasteiger partial charge >= 0.3 is 0 Å². The standard InChI is InChI=1S/C16H16ClN3O/c1-12(19-20-13-7-3-2-4-8-13)11-16(21)18-15-10-6-5-9-14(15)17/h2-10,20H,11H2,1H3,(H,18,21)/b19-12-. The van der Waals surface area contributed by atoms with Crippen molar-refractivity contribution in [2.45, 2.75) is 13.3 Å². The Kier molecular flexibility index (Phi) is 5.35. The Balaban J connectivity index is 1.89. The lowest BCUT2D eigenvalue weighted by molar-refractivity contribution is -0.115. The zero-order valence-corrected chi connectivity index (χ0v) is 12.4. The minimum Gasteiger partial charge on any atom is -0.324 e. The quantitative estimate of drug-likeness (QED) is 0.643. The van der Waals surface area contributed by atoms with Gasteiger partial charge in [0.05, 0.1) is 22.8 Å². The van der Waals surface area contributed by atoms with E-state index in [1.807, 2.05) is 42.5 Å². The van der Waals surface area contributed by atoms with Gasteiger partial charge in [0, 0.05) is 5.71 Å². The molecular weight excluding hydrogens is 286 g/mol. The third-order valence-electron chi connectivity index (χ3n) is 2.71. The molecule has 0 aliphatic rings.